The van der Waals surface area contributed by atoms with Crippen molar-refractivity contribution in [3.05, 3.63) is 0 Å². The molecule has 0 aromatic carbocycles. The van der Waals surface area contributed by atoms with E-state index < -0.39 is 5.91 Å². The van der Waals surface area contributed by atoms with Crippen LogP contribution >= 0.6 is 0 Å². The Morgan fingerprint density at radius 2 is 2.21 bits per heavy atom. The topological polar surface area (TPSA) is 73.6 Å². The lowest BCUT2D eigenvalue weighted by molar-refractivity contribution is -0.122. The molecule has 0 aromatic heterocycles. The highest BCUT2D eigenvalue weighted by molar-refractivity contribution is 5.74. The van der Waals surface area contributed by atoms with Crippen LogP contribution < -0.4 is 11.1 Å². The number of carbonyl (C=O) groups is 1. The fourth-order valence-electron chi connectivity index (χ4n) is 0.947. The van der Waals surface area contributed by atoms with Gasteiger partial charge in [0, 0.05) is 26.3 Å². The molecule has 0 saturated heterocycles. The molecule has 0 radical (unpaired) electrons. The third-order valence-electron chi connectivity index (χ3n) is 1.74. The van der Waals surface area contributed by atoms with Crippen molar-refractivity contribution in [2.75, 3.05) is 33.5 Å². The van der Waals surface area contributed by atoms with Crippen LogP contribution in [-0.4, -0.2) is 45.4 Å². The van der Waals surface area contributed by atoms with Crippen molar-refractivity contribution in [3.63, 3.8) is 0 Å². The summed E-state index contributed by atoms with van der Waals surface area (Å²) in [5, 5.41) is 3.23. The third kappa shape index (κ3) is 9.44. The van der Waals surface area contributed by atoms with Gasteiger partial charge in [-0.05, 0) is 13.3 Å². The first kappa shape index (κ1) is 13.4. The molecule has 0 heterocycles. The maximum atomic E-state index is 10.3. The number of methoxy groups -OCH3 is 1. The molecule has 14 heavy (non-hydrogen) atoms. The van der Waals surface area contributed by atoms with Crippen LogP contribution in [0, 0.1) is 0 Å². The van der Waals surface area contributed by atoms with Crippen molar-refractivity contribution < 1.29 is 14.3 Å². The zero-order valence-corrected chi connectivity index (χ0v) is 8.91. The van der Waals surface area contributed by atoms with E-state index in [-0.39, 0.29) is 6.61 Å². The highest BCUT2D eigenvalue weighted by Crippen LogP contribution is 1.89. The fourth-order valence-corrected chi connectivity index (χ4v) is 0.947. The highest BCUT2D eigenvalue weighted by Gasteiger charge is 2.00. The fraction of sp³-hybridized carbons (Fsp3) is 0.889. The van der Waals surface area contributed by atoms with E-state index in [4.69, 9.17) is 15.2 Å². The first-order chi connectivity index (χ1) is 6.66. The van der Waals surface area contributed by atoms with Gasteiger partial charge in [0.15, 0.2) is 0 Å². The summed E-state index contributed by atoms with van der Waals surface area (Å²) in [7, 11) is 1.68. The van der Waals surface area contributed by atoms with Gasteiger partial charge in [-0.25, -0.2) is 0 Å². The first-order valence-corrected chi connectivity index (χ1v) is 4.75. The van der Waals surface area contributed by atoms with Gasteiger partial charge in [-0.2, -0.15) is 0 Å². The van der Waals surface area contributed by atoms with Crippen molar-refractivity contribution in [1.82, 2.24) is 5.32 Å². The number of ether oxygens (including phenoxy) is 2. The van der Waals surface area contributed by atoms with Gasteiger partial charge in [0.2, 0.25) is 5.91 Å². The molecule has 5 nitrogen and oxygen atoms in total. The molecular formula is C9H20N2O3. The van der Waals surface area contributed by atoms with Crippen molar-refractivity contribution in [2.24, 2.45) is 5.73 Å². The number of rotatable bonds is 9. The second-order valence-electron chi connectivity index (χ2n) is 3.16. The molecule has 0 bridgehead atoms. The van der Waals surface area contributed by atoms with Gasteiger partial charge in [0.25, 0.3) is 0 Å². The SMILES string of the molecule is COCCC(C)NCCOCC(N)=O. The van der Waals surface area contributed by atoms with Crippen molar-refractivity contribution >= 4 is 5.91 Å². The number of nitrogens with one attached hydrogen (secondary N) is 1. The van der Waals surface area contributed by atoms with Gasteiger partial charge >= 0.3 is 0 Å². The number of hydrogen-bond acceptors (Lipinski definition) is 4. The molecule has 0 aliphatic heterocycles. The molecule has 1 unspecified atom stereocenters. The monoisotopic (exact) mass is 204 g/mol. The van der Waals surface area contributed by atoms with Gasteiger partial charge in [-0.15, -0.1) is 0 Å². The van der Waals surface area contributed by atoms with E-state index in [0.29, 0.717) is 12.6 Å². The average molecular weight is 204 g/mol. The zero-order chi connectivity index (χ0) is 10.8. The van der Waals surface area contributed by atoms with E-state index in [9.17, 15) is 4.79 Å². The average Bonchev–Trinajstić information content (AvgIpc) is 2.13. The minimum Gasteiger partial charge on any atom is -0.385 e. The van der Waals surface area contributed by atoms with Crippen LogP contribution in [0.25, 0.3) is 0 Å². The highest BCUT2D eigenvalue weighted by atomic mass is 16.5. The van der Waals surface area contributed by atoms with E-state index in [1.165, 1.54) is 0 Å². The first-order valence-electron chi connectivity index (χ1n) is 4.75. The summed E-state index contributed by atoms with van der Waals surface area (Å²) in [4.78, 5) is 10.3. The van der Waals surface area contributed by atoms with Crippen LogP contribution in [0.1, 0.15) is 13.3 Å². The second-order valence-corrected chi connectivity index (χ2v) is 3.16. The maximum absolute atomic E-state index is 10.3. The lowest BCUT2D eigenvalue weighted by Crippen LogP contribution is -2.31. The minimum atomic E-state index is -0.433. The lowest BCUT2D eigenvalue weighted by Gasteiger charge is -2.12. The Labute approximate surface area is 84.9 Å². The molecule has 0 fully saturated rings. The largest absolute Gasteiger partial charge is 0.385 e. The molecule has 0 aliphatic carbocycles. The molecule has 5 heteroatoms. The van der Waals surface area contributed by atoms with Gasteiger partial charge in [-0.1, -0.05) is 0 Å². The van der Waals surface area contributed by atoms with Crippen LogP contribution in [0.15, 0.2) is 0 Å². The zero-order valence-electron chi connectivity index (χ0n) is 8.91. The number of carbonyl (C=O) groups excluding carboxylic acids is 1. The Bertz CT molecular complexity index is 153. The van der Waals surface area contributed by atoms with Gasteiger partial charge in [0.05, 0.1) is 6.61 Å². The lowest BCUT2D eigenvalue weighted by atomic mass is 10.2. The summed E-state index contributed by atoms with van der Waals surface area (Å²) in [6.07, 6.45) is 0.965. The van der Waals surface area contributed by atoms with E-state index in [2.05, 4.69) is 12.2 Å². The van der Waals surface area contributed by atoms with E-state index in [0.717, 1.165) is 19.6 Å². The summed E-state index contributed by atoms with van der Waals surface area (Å²) in [6, 6.07) is 0.395. The Kier molecular flexibility index (Phi) is 8.51. The maximum Gasteiger partial charge on any atom is 0.243 e. The van der Waals surface area contributed by atoms with Gasteiger partial charge in [0.1, 0.15) is 6.61 Å². The van der Waals surface area contributed by atoms with Crippen LogP contribution in [0.4, 0.5) is 0 Å². The Balaban J connectivity index is 3.14. The number of nitrogens with two attached hydrogens (primary N) is 1. The molecule has 0 rings (SSSR count). The van der Waals surface area contributed by atoms with Crippen LogP contribution in [0.5, 0.6) is 0 Å². The van der Waals surface area contributed by atoms with Crippen LogP contribution in [-0.2, 0) is 14.3 Å². The smallest absolute Gasteiger partial charge is 0.243 e. The Morgan fingerprint density at radius 1 is 1.50 bits per heavy atom. The summed E-state index contributed by atoms with van der Waals surface area (Å²) in [5.41, 5.74) is 4.90. The summed E-state index contributed by atoms with van der Waals surface area (Å²) >= 11 is 0. The molecule has 0 saturated carbocycles. The van der Waals surface area contributed by atoms with E-state index >= 15 is 0 Å². The van der Waals surface area contributed by atoms with Crippen molar-refractivity contribution in [2.45, 2.75) is 19.4 Å². The quantitative estimate of drug-likeness (QED) is 0.497. The predicted molar refractivity (Wildman–Crippen MR) is 54.0 cm³/mol. The van der Waals surface area contributed by atoms with E-state index in [1.807, 2.05) is 0 Å². The third-order valence-corrected chi connectivity index (χ3v) is 1.74. The van der Waals surface area contributed by atoms with Gasteiger partial charge in [-0.3, -0.25) is 4.79 Å². The molecule has 1 atom stereocenters. The van der Waals surface area contributed by atoms with Crippen LogP contribution in [0.2, 0.25) is 0 Å². The number of hydrogen-bond donors (Lipinski definition) is 2. The van der Waals surface area contributed by atoms with E-state index in [1.54, 1.807) is 7.11 Å². The Morgan fingerprint density at radius 3 is 2.79 bits per heavy atom. The molecule has 1 amide bonds. The Hall–Kier alpha value is -0.650. The molecule has 84 valence electrons. The molecule has 0 aromatic rings. The standard InChI is InChI=1S/C9H20N2O3/c1-8(3-5-13-2)11-4-6-14-7-9(10)12/h8,11H,3-7H2,1-2H3,(H2,10,12). The summed E-state index contributed by atoms with van der Waals surface area (Å²) in [6.45, 7) is 4.04. The molecular weight excluding hydrogens is 184 g/mol. The van der Waals surface area contributed by atoms with Gasteiger partial charge < -0.3 is 20.5 Å². The summed E-state index contributed by atoms with van der Waals surface area (Å²) < 4.78 is 9.92. The van der Waals surface area contributed by atoms with Crippen LogP contribution in [0.3, 0.4) is 0 Å². The van der Waals surface area contributed by atoms with Crippen molar-refractivity contribution in [3.8, 4) is 0 Å². The van der Waals surface area contributed by atoms with Crippen molar-refractivity contribution in [1.29, 1.82) is 0 Å². The normalized spacial score (nSPS) is 12.7. The molecule has 0 aliphatic rings. The second kappa shape index (κ2) is 8.93. The minimum absolute atomic E-state index is 0.00582. The summed E-state index contributed by atoms with van der Waals surface area (Å²) in [5.74, 6) is -0.433. The predicted octanol–water partition coefficient (Wildman–Crippen LogP) is -0.497. The number of primary amides is 1. The molecule has 0 spiro atoms. The number of amides is 1. The molecule has 3 N–H and O–H groups in total.